The highest BCUT2D eigenvalue weighted by atomic mass is 16.4. The van der Waals surface area contributed by atoms with E-state index >= 15 is 0 Å². The van der Waals surface area contributed by atoms with E-state index < -0.39 is 0 Å². The van der Waals surface area contributed by atoms with Crippen LogP contribution in [-0.4, -0.2) is 15.2 Å². The lowest BCUT2D eigenvalue weighted by Gasteiger charge is -2.00. The van der Waals surface area contributed by atoms with E-state index in [0.717, 1.165) is 22.0 Å². The average molecular weight is 290 g/mol. The average Bonchev–Trinajstić information content (AvgIpc) is 3.20. The summed E-state index contributed by atoms with van der Waals surface area (Å²) in [6.07, 6.45) is 1.89. The molecule has 4 aromatic rings. The molecular formula is C17H14N4O. The second kappa shape index (κ2) is 5.37. The third-order valence-electron chi connectivity index (χ3n) is 3.53. The molecule has 2 aromatic carbocycles. The molecule has 2 heterocycles. The highest BCUT2D eigenvalue weighted by Crippen LogP contribution is 2.28. The number of anilines is 1. The molecule has 0 unspecified atom stereocenters. The van der Waals surface area contributed by atoms with Crippen LogP contribution in [0.25, 0.3) is 22.4 Å². The quantitative estimate of drug-likeness (QED) is 0.599. The highest BCUT2D eigenvalue weighted by Gasteiger charge is 2.12. The number of aromatic nitrogens is 3. The number of nitrogens with one attached hydrogen (secondary N) is 2. The highest BCUT2D eigenvalue weighted by molar-refractivity contribution is 5.93. The molecule has 22 heavy (non-hydrogen) atoms. The van der Waals surface area contributed by atoms with Crippen molar-refractivity contribution >= 4 is 16.9 Å². The standard InChI is InChI=1S/C17H14N4O/c1-2-6-12(7-3-1)10-19-17-21-20-16(22-17)14-11-18-15-9-5-4-8-13(14)15/h1-9,11,18H,10H2,(H,19,21). The molecule has 0 atom stereocenters. The number of rotatable bonds is 4. The third-order valence-corrected chi connectivity index (χ3v) is 3.53. The van der Waals surface area contributed by atoms with Crippen molar-refractivity contribution in [2.24, 2.45) is 0 Å². The van der Waals surface area contributed by atoms with Gasteiger partial charge >= 0.3 is 6.01 Å². The fraction of sp³-hybridized carbons (Fsp3) is 0.0588. The first-order chi connectivity index (χ1) is 10.9. The lowest BCUT2D eigenvalue weighted by atomic mass is 10.2. The van der Waals surface area contributed by atoms with Crippen molar-refractivity contribution in [2.75, 3.05) is 5.32 Å². The summed E-state index contributed by atoms with van der Waals surface area (Å²) in [4.78, 5) is 3.21. The predicted octanol–water partition coefficient (Wildman–Crippen LogP) is 3.83. The van der Waals surface area contributed by atoms with Gasteiger partial charge in [0.25, 0.3) is 5.89 Å². The Kier molecular flexibility index (Phi) is 3.08. The summed E-state index contributed by atoms with van der Waals surface area (Å²) in [5.41, 5.74) is 3.12. The lowest BCUT2D eigenvalue weighted by molar-refractivity contribution is 0.581. The van der Waals surface area contributed by atoms with E-state index in [2.05, 4.69) is 20.5 Å². The Labute approximate surface area is 127 Å². The molecule has 5 heteroatoms. The minimum absolute atomic E-state index is 0.420. The van der Waals surface area contributed by atoms with Gasteiger partial charge in [-0.15, -0.1) is 5.10 Å². The van der Waals surface area contributed by atoms with Crippen molar-refractivity contribution < 1.29 is 4.42 Å². The van der Waals surface area contributed by atoms with Gasteiger partial charge in [-0.05, 0) is 11.6 Å². The van der Waals surface area contributed by atoms with Crippen LogP contribution in [0.3, 0.4) is 0 Å². The summed E-state index contributed by atoms with van der Waals surface area (Å²) in [5, 5.41) is 12.4. The topological polar surface area (TPSA) is 66.7 Å². The number of benzene rings is 2. The number of H-pyrrole nitrogens is 1. The van der Waals surface area contributed by atoms with E-state index in [9.17, 15) is 0 Å². The molecule has 0 spiro atoms. The molecule has 4 rings (SSSR count). The first-order valence-electron chi connectivity index (χ1n) is 7.08. The Hall–Kier alpha value is -3.08. The molecule has 0 aliphatic heterocycles. The Morgan fingerprint density at radius 3 is 2.68 bits per heavy atom. The summed E-state index contributed by atoms with van der Waals surface area (Å²) in [6, 6.07) is 18.5. The molecular weight excluding hydrogens is 276 g/mol. The maximum absolute atomic E-state index is 5.70. The van der Waals surface area contributed by atoms with Crippen LogP contribution in [0, 0.1) is 0 Å². The Morgan fingerprint density at radius 1 is 0.955 bits per heavy atom. The van der Waals surface area contributed by atoms with Gasteiger partial charge in [0.05, 0.1) is 5.56 Å². The third kappa shape index (κ3) is 2.33. The maximum atomic E-state index is 5.70. The van der Waals surface area contributed by atoms with Crippen molar-refractivity contribution in [3.05, 3.63) is 66.4 Å². The molecule has 0 saturated carbocycles. The minimum atomic E-state index is 0.420. The van der Waals surface area contributed by atoms with Crippen LogP contribution < -0.4 is 5.32 Å². The number of fused-ring (bicyclic) bond motifs is 1. The molecule has 0 radical (unpaired) electrons. The van der Waals surface area contributed by atoms with E-state index in [1.165, 1.54) is 0 Å². The van der Waals surface area contributed by atoms with Gasteiger partial charge in [0.1, 0.15) is 0 Å². The fourth-order valence-corrected chi connectivity index (χ4v) is 2.43. The molecule has 0 saturated heterocycles. The minimum Gasteiger partial charge on any atom is -0.403 e. The summed E-state index contributed by atoms with van der Waals surface area (Å²) in [6.45, 7) is 0.649. The molecule has 0 aliphatic rings. The first-order valence-corrected chi connectivity index (χ1v) is 7.08. The molecule has 2 aromatic heterocycles. The molecule has 2 N–H and O–H groups in total. The van der Waals surface area contributed by atoms with Crippen molar-refractivity contribution in [1.82, 2.24) is 15.2 Å². The number of nitrogens with zero attached hydrogens (tertiary/aromatic N) is 2. The predicted molar refractivity (Wildman–Crippen MR) is 85.4 cm³/mol. The van der Waals surface area contributed by atoms with E-state index in [0.29, 0.717) is 18.5 Å². The second-order valence-corrected chi connectivity index (χ2v) is 5.00. The van der Waals surface area contributed by atoms with Crippen molar-refractivity contribution in [1.29, 1.82) is 0 Å². The number of aromatic amines is 1. The second-order valence-electron chi connectivity index (χ2n) is 5.00. The summed E-state index contributed by atoms with van der Waals surface area (Å²) in [7, 11) is 0. The van der Waals surface area contributed by atoms with Crippen LogP contribution in [0.1, 0.15) is 5.56 Å². The smallest absolute Gasteiger partial charge is 0.316 e. The zero-order valence-corrected chi connectivity index (χ0v) is 11.8. The largest absolute Gasteiger partial charge is 0.403 e. The zero-order valence-electron chi connectivity index (χ0n) is 11.8. The van der Waals surface area contributed by atoms with Gasteiger partial charge in [-0.2, -0.15) is 0 Å². The van der Waals surface area contributed by atoms with Gasteiger partial charge in [-0.25, -0.2) is 0 Å². The van der Waals surface area contributed by atoms with Gasteiger partial charge in [0.2, 0.25) is 0 Å². The van der Waals surface area contributed by atoms with Crippen molar-refractivity contribution in [2.45, 2.75) is 6.54 Å². The van der Waals surface area contributed by atoms with Crippen LogP contribution >= 0.6 is 0 Å². The SMILES string of the molecule is c1ccc(CNc2nnc(-c3c[nH]c4ccccc34)o2)cc1. The molecule has 0 fully saturated rings. The van der Waals surface area contributed by atoms with E-state index in [-0.39, 0.29) is 0 Å². The van der Waals surface area contributed by atoms with Gasteiger partial charge in [0, 0.05) is 23.6 Å². The number of para-hydroxylation sites is 1. The molecule has 0 aliphatic carbocycles. The van der Waals surface area contributed by atoms with E-state index in [4.69, 9.17) is 4.42 Å². The Morgan fingerprint density at radius 2 is 1.77 bits per heavy atom. The van der Waals surface area contributed by atoms with Crippen LogP contribution in [0.5, 0.6) is 0 Å². The molecule has 0 amide bonds. The first kappa shape index (κ1) is 12.6. The fourth-order valence-electron chi connectivity index (χ4n) is 2.43. The number of hydrogen-bond acceptors (Lipinski definition) is 4. The zero-order chi connectivity index (χ0) is 14.8. The van der Waals surface area contributed by atoms with Gasteiger partial charge < -0.3 is 14.7 Å². The van der Waals surface area contributed by atoms with Gasteiger partial charge in [-0.1, -0.05) is 53.6 Å². The van der Waals surface area contributed by atoms with Crippen molar-refractivity contribution in [3.63, 3.8) is 0 Å². The van der Waals surface area contributed by atoms with Crippen LogP contribution in [0.4, 0.5) is 6.01 Å². The molecule has 5 nitrogen and oxygen atoms in total. The Bertz CT molecular complexity index is 895. The Balaban J connectivity index is 1.56. The number of hydrogen-bond donors (Lipinski definition) is 2. The normalized spacial score (nSPS) is 10.9. The van der Waals surface area contributed by atoms with Crippen LogP contribution in [0.2, 0.25) is 0 Å². The van der Waals surface area contributed by atoms with Crippen LogP contribution in [0.15, 0.2) is 65.2 Å². The summed E-state index contributed by atoms with van der Waals surface area (Å²) >= 11 is 0. The monoisotopic (exact) mass is 290 g/mol. The summed E-state index contributed by atoms with van der Waals surface area (Å²) < 4.78 is 5.70. The summed E-state index contributed by atoms with van der Waals surface area (Å²) in [5.74, 6) is 0.507. The lowest BCUT2D eigenvalue weighted by Crippen LogP contribution is -1.98. The van der Waals surface area contributed by atoms with Gasteiger partial charge in [-0.3, -0.25) is 0 Å². The van der Waals surface area contributed by atoms with E-state index in [1.807, 2.05) is 60.8 Å². The molecule has 0 bridgehead atoms. The van der Waals surface area contributed by atoms with Gasteiger partial charge in [0.15, 0.2) is 0 Å². The van der Waals surface area contributed by atoms with Crippen molar-refractivity contribution in [3.8, 4) is 11.5 Å². The maximum Gasteiger partial charge on any atom is 0.316 e. The van der Waals surface area contributed by atoms with E-state index in [1.54, 1.807) is 0 Å². The molecule has 108 valence electrons. The van der Waals surface area contributed by atoms with Crippen LogP contribution in [-0.2, 0) is 6.54 Å².